The second kappa shape index (κ2) is 6.16. The summed E-state index contributed by atoms with van der Waals surface area (Å²) in [5.74, 6) is 1.44. The fraction of sp³-hybridized carbons (Fsp3) is 0.562. The van der Waals surface area contributed by atoms with E-state index in [1.165, 1.54) is 0 Å². The lowest BCUT2D eigenvalue weighted by molar-refractivity contribution is 0.235. The van der Waals surface area contributed by atoms with E-state index in [9.17, 15) is 4.79 Å². The number of carbonyl (C=O) groups is 1. The van der Waals surface area contributed by atoms with Gasteiger partial charge in [0.05, 0.1) is 12.6 Å². The molecule has 0 bridgehead atoms. The lowest BCUT2D eigenvalue weighted by Crippen LogP contribution is -2.42. The van der Waals surface area contributed by atoms with Crippen LogP contribution in [-0.2, 0) is 5.54 Å². The van der Waals surface area contributed by atoms with Crippen LogP contribution in [0.15, 0.2) is 24.3 Å². The minimum atomic E-state index is -0.172. The molecular formula is C16H24N2O2. The fourth-order valence-corrected chi connectivity index (χ4v) is 2.26. The Bertz CT molecular complexity index is 450. The molecule has 1 aromatic carbocycles. The number of hydrogen-bond donors (Lipinski definition) is 2. The van der Waals surface area contributed by atoms with Gasteiger partial charge in [-0.3, -0.25) is 0 Å². The van der Waals surface area contributed by atoms with Gasteiger partial charge in [-0.25, -0.2) is 4.79 Å². The predicted octanol–water partition coefficient (Wildman–Crippen LogP) is 3.03. The molecule has 0 aliphatic heterocycles. The van der Waals surface area contributed by atoms with E-state index >= 15 is 0 Å². The van der Waals surface area contributed by atoms with E-state index in [2.05, 4.69) is 24.5 Å². The van der Waals surface area contributed by atoms with Gasteiger partial charge in [-0.2, -0.15) is 0 Å². The van der Waals surface area contributed by atoms with Gasteiger partial charge >= 0.3 is 6.03 Å². The highest BCUT2D eigenvalue weighted by Gasteiger charge is 2.45. The highest BCUT2D eigenvalue weighted by atomic mass is 16.5. The second-order valence-electron chi connectivity index (χ2n) is 5.87. The molecule has 1 aromatic rings. The molecule has 1 aliphatic carbocycles. The SMILES string of the molecule is COc1ccc(C2(NC(=O)NCCC(C)C)CC2)cc1. The molecule has 0 atom stereocenters. The normalized spacial score (nSPS) is 15.8. The van der Waals surface area contributed by atoms with Gasteiger partial charge in [0.1, 0.15) is 5.75 Å². The number of hydrogen-bond acceptors (Lipinski definition) is 2. The van der Waals surface area contributed by atoms with Crippen molar-refractivity contribution in [2.45, 2.75) is 38.6 Å². The van der Waals surface area contributed by atoms with E-state index in [0.29, 0.717) is 5.92 Å². The summed E-state index contributed by atoms with van der Waals surface area (Å²) >= 11 is 0. The van der Waals surface area contributed by atoms with Gasteiger partial charge in [0, 0.05) is 6.54 Å². The first-order valence-electron chi connectivity index (χ1n) is 7.26. The van der Waals surface area contributed by atoms with Crippen LogP contribution in [0.4, 0.5) is 4.79 Å². The van der Waals surface area contributed by atoms with Crippen molar-refractivity contribution in [2.75, 3.05) is 13.7 Å². The number of benzene rings is 1. The van der Waals surface area contributed by atoms with Crippen molar-refractivity contribution in [2.24, 2.45) is 5.92 Å². The predicted molar refractivity (Wildman–Crippen MR) is 79.9 cm³/mol. The molecule has 4 heteroatoms. The Morgan fingerprint density at radius 1 is 1.30 bits per heavy atom. The van der Waals surface area contributed by atoms with Crippen LogP contribution in [0, 0.1) is 5.92 Å². The quantitative estimate of drug-likeness (QED) is 0.839. The van der Waals surface area contributed by atoms with Crippen LogP contribution in [-0.4, -0.2) is 19.7 Å². The minimum Gasteiger partial charge on any atom is -0.497 e. The van der Waals surface area contributed by atoms with E-state index in [1.54, 1.807) is 7.11 Å². The average Bonchev–Trinajstić information content (AvgIpc) is 3.19. The molecule has 1 saturated carbocycles. The summed E-state index contributed by atoms with van der Waals surface area (Å²) in [6, 6.07) is 7.86. The highest BCUT2D eigenvalue weighted by Crippen LogP contribution is 2.45. The van der Waals surface area contributed by atoms with E-state index in [1.807, 2.05) is 24.3 Å². The molecule has 2 amide bonds. The Morgan fingerprint density at radius 2 is 1.95 bits per heavy atom. The third-order valence-corrected chi connectivity index (χ3v) is 3.75. The number of ether oxygens (including phenoxy) is 1. The third-order valence-electron chi connectivity index (χ3n) is 3.75. The van der Waals surface area contributed by atoms with Crippen molar-refractivity contribution < 1.29 is 9.53 Å². The first-order valence-corrected chi connectivity index (χ1v) is 7.26. The van der Waals surface area contributed by atoms with E-state index in [0.717, 1.165) is 37.1 Å². The van der Waals surface area contributed by atoms with Crippen LogP contribution in [0.5, 0.6) is 5.75 Å². The van der Waals surface area contributed by atoms with Gasteiger partial charge in [-0.1, -0.05) is 26.0 Å². The lowest BCUT2D eigenvalue weighted by Gasteiger charge is -2.19. The van der Waals surface area contributed by atoms with Gasteiger partial charge in [-0.15, -0.1) is 0 Å². The molecule has 20 heavy (non-hydrogen) atoms. The molecule has 0 spiro atoms. The van der Waals surface area contributed by atoms with Gasteiger partial charge < -0.3 is 15.4 Å². The molecule has 0 saturated heterocycles. The maximum atomic E-state index is 11.9. The maximum Gasteiger partial charge on any atom is 0.315 e. The van der Waals surface area contributed by atoms with E-state index in [4.69, 9.17) is 4.74 Å². The van der Waals surface area contributed by atoms with Crippen LogP contribution in [0.2, 0.25) is 0 Å². The van der Waals surface area contributed by atoms with Crippen molar-refractivity contribution >= 4 is 6.03 Å². The van der Waals surface area contributed by atoms with Gasteiger partial charge in [0.2, 0.25) is 0 Å². The zero-order chi connectivity index (χ0) is 14.6. The first kappa shape index (κ1) is 14.7. The fourth-order valence-electron chi connectivity index (χ4n) is 2.26. The van der Waals surface area contributed by atoms with Crippen molar-refractivity contribution in [1.82, 2.24) is 10.6 Å². The lowest BCUT2D eigenvalue weighted by atomic mass is 10.1. The molecule has 0 radical (unpaired) electrons. The molecule has 0 aromatic heterocycles. The molecule has 110 valence electrons. The van der Waals surface area contributed by atoms with Crippen LogP contribution in [0.1, 0.15) is 38.7 Å². The van der Waals surface area contributed by atoms with Crippen molar-refractivity contribution in [3.05, 3.63) is 29.8 Å². The van der Waals surface area contributed by atoms with Crippen molar-refractivity contribution in [3.8, 4) is 5.75 Å². The highest BCUT2D eigenvalue weighted by molar-refractivity contribution is 5.75. The number of methoxy groups -OCH3 is 1. The average molecular weight is 276 g/mol. The van der Waals surface area contributed by atoms with Crippen LogP contribution < -0.4 is 15.4 Å². The molecule has 2 N–H and O–H groups in total. The largest absolute Gasteiger partial charge is 0.497 e. The molecule has 4 nitrogen and oxygen atoms in total. The van der Waals surface area contributed by atoms with Crippen molar-refractivity contribution in [3.63, 3.8) is 0 Å². The minimum absolute atomic E-state index is 0.0704. The molecule has 0 heterocycles. The second-order valence-corrected chi connectivity index (χ2v) is 5.87. The van der Waals surface area contributed by atoms with Gasteiger partial charge in [0.25, 0.3) is 0 Å². The van der Waals surface area contributed by atoms with Crippen molar-refractivity contribution in [1.29, 1.82) is 0 Å². The van der Waals surface area contributed by atoms with E-state index in [-0.39, 0.29) is 11.6 Å². The summed E-state index contributed by atoms with van der Waals surface area (Å²) in [7, 11) is 1.66. The summed E-state index contributed by atoms with van der Waals surface area (Å²) in [5, 5.41) is 6.03. The zero-order valence-corrected chi connectivity index (χ0v) is 12.5. The molecule has 1 aliphatic rings. The van der Waals surface area contributed by atoms with Crippen LogP contribution in [0.3, 0.4) is 0 Å². The molecule has 0 unspecified atom stereocenters. The van der Waals surface area contributed by atoms with Gasteiger partial charge in [-0.05, 0) is 42.9 Å². The number of urea groups is 1. The summed E-state index contributed by atoms with van der Waals surface area (Å²) in [6.45, 7) is 5.03. The standard InChI is InChI=1S/C16H24N2O2/c1-12(2)8-11-17-15(19)18-16(9-10-16)13-4-6-14(20-3)7-5-13/h4-7,12H,8-11H2,1-3H3,(H2,17,18,19). The number of amides is 2. The smallest absolute Gasteiger partial charge is 0.315 e. The Hall–Kier alpha value is -1.71. The maximum absolute atomic E-state index is 11.9. The van der Waals surface area contributed by atoms with Crippen LogP contribution in [0.25, 0.3) is 0 Å². The monoisotopic (exact) mass is 276 g/mol. The van der Waals surface area contributed by atoms with Crippen LogP contribution >= 0.6 is 0 Å². The summed E-state index contributed by atoms with van der Waals surface area (Å²) < 4.78 is 5.16. The number of carbonyl (C=O) groups excluding carboxylic acids is 1. The Balaban J connectivity index is 1.89. The first-order chi connectivity index (χ1) is 9.55. The topological polar surface area (TPSA) is 50.4 Å². The summed E-state index contributed by atoms with van der Waals surface area (Å²) in [4.78, 5) is 11.9. The van der Waals surface area contributed by atoms with Gasteiger partial charge in [0.15, 0.2) is 0 Å². The Morgan fingerprint density at radius 3 is 2.45 bits per heavy atom. The molecule has 1 fully saturated rings. The van der Waals surface area contributed by atoms with E-state index < -0.39 is 0 Å². The summed E-state index contributed by atoms with van der Waals surface area (Å²) in [6.07, 6.45) is 3.00. The molecular weight excluding hydrogens is 252 g/mol. The summed E-state index contributed by atoms with van der Waals surface area (Å²) in [5.41, 5.74) is 0.978. The third kappa shape index (κ3) is 3.65. The number of nitrogens with one attached hydrogen (secondary N) is 2. The Labute approximate surface area is 120 Å². The zero-order valence-electron chi connectivity index (χ0n) is 12.5. The number of rotatable bonds is 6. The Kier molecular flexibility index (Phi) is 4.53. The molecule has 2 rings (SSSR count).